The number of ether oxygens (including phenoxy) is 3. The van der Waals surface area contributed by atoms with Crippen LogP contribution in [0.3, 0.4) is 0 Å². The maximum atomic E-state index is 12.4. The first kappa shape index (κ1) is 20.8. The molecule has 0 spiro atoms. The molecule has 0 saturated carbocycles. The fourth-order valence-electron chi connectivity index (χ4n) is 2.56. The molecule has 0 fully saturated rings. The van der Waals surface area contributed by atoms with Gasteiger partial charge >= 0.3 is 5.97 Å². The van der Waals surface area contributed by atoms with Crippen LogP contribution in [0, 0.1) is 11.3 Å². The second kappa shape index (κ2) is 9.97. The van der Waals surface area contributed by atoms with E-state index in [4.69, 9.17) is 19.5 Å². The van der Waals surface area contributed by atoms with Gasteiger partial charge in [0, 0.05) is 13.1 Å². The normalized spacial score (nSPS) is 9.93. The Balaban J connectivity index is 1.97. The van der Waals surface area contributed by atoms with E-state index >= 15 is 0 Å². The second-order valence-electron chi connectivity index (χ2n) is 5.86. The van der Waals surface area contributed by atoms with Gasteiger partial charge in [0.2, 0.25) is 0 Å². The Labute approximate surface area is 164 Å². The largest absolute Gasteiger partial charge is 0.493 e. The molecule has 7 heteroatoms. The van der Waals surface area contributed by atoms with Crippen molar-refractivity contribution in [2.24, 2.45) is 0 Å². The summed E-state index contributed by atoms with van der Waals surface area (Å²) in [6, 6.07) is 13.4. The summed E-state index contributed by atoms with van der Waals surface area (Å²) >= 11 is 0. The van der Waals surface area contributed by atoms with E-state index in [1.54, 1.807) is 31.3 Å². The van der Waals surface area contributed by atoms with E-state index in [0.717, 1.165) is 5.56 Å². The Kier molecular flexibility index (Phi) is 7.40. The number of hydrogen-bond donors (Lipinski definition) is 0. The number of carbonyl (C=O) groups excluding carboxylic acids is 2. The first-order chi connectivity index (χ1) is 13.5. The predicted molar refractivity (Wildman–Crippen MR) is 102 cm³/mol. The highest BCUT2D eigenvalue weighted by Crippen LogP contribution is 2.28. The van der Waals surface area contributed by atoms with Gasteiger partial charge in [-0.2, -0.15) is 5.26 Å². The maximum absolute atomic E-state index is 12.4. The van der Waals surface area contributed by atoms with Gasteiger partial charge in [-0.1, -0.05) is 6.07 Å². The van der Waals surface area contributed by atoms with Gasteiger partial charge in [-0.3, -0.25) is 4.79 Å². The zero-order valence-corrected chi connectivity index (χ0v) is 16.1. The van der Waals surface area contributed by atoms with Gasteiger partial charge in [-0.05, 0) is 48.9 Å². The SMILES string of the molecule is CCN(Cc1ccc(OC)c(OC)c1)C(=O)COC(=O)c1ccc(C#N)cc1. The molecule has 0 aromatic heterocycles. The van der Waals surface area contributed by atoms with Crippen molar-refractivity contribution in [2.75, 3.05) is 27.4 Å². The number of benzene rings is 2. The molecule has 0 bridgehead atoms. The van der Waals surface area contributed by atoms with E-state index in [2.05, 4.69) is 0 Å². The van der Waals surface area contributed by atoms with E-state index < -0.39 is 5.97 Å². The summed E-state index contributed by atoms with van der Waals surface area (Å²) in [6.45, 7) is 2.30. The van der Waals surface area contributed by atoms with Crippen molar-refractivity contribution in [3.8, 4) is 17.6 Å². The molecule has 0 N–H and O–H groups in total. The van der Waals surface area contributed by atoms with E-state index in [9.17, 15) is 9.59 Å². The third kappa shape index (κ3) is 5.24. The van der Waals surface area contributed by atoms with Gasteiger partial charge in [0.1, 0.15) is 0 Å². The van der Waals surface area contributed by atoms with Crippen LogP contribution in [0.4, 0.5) is 0 Å². The fourth-order valence-corrected chi connectivity index (χ4v) is 2.56. The average Bonchev–Trinajstić information content (AvgIpc) is 2.75. The summed E-state index contributed by atoms with van der Waals surface area (Å²) in [7, 11) is 3.11. The van der Waals surface area contributed by atoms with Crippen LogP contribution in [0.2, 0.25) is 0 Å². The second-order valence-corrected chi connectivity index (χ2v) is 5.86. The standard InChI is InChI=1S/C21H22N2O5/c1-4-23(13-16-7-10-18(26-2)19(11-16)27-3)20(24)14-28-21(25)17-8-5-15(12-22)6-9-17/h5-11H,4,13-14H2,1-3H3. The van der Waals surface area contributed by atoms with Crippen molar-refractivity contribution in [1.29, 1.82) is 5.26 Å². The van der Waals surface area contributed by atoms with Crippen molar-refractivity contribution in [3.63, 3.8) is 0 Å². The molecule has 0 aliphatic heterocycles. The molecule has 0 atom stereocenters. The van der Waals surface area contributed by atoms with E-state index in [1.807, 2.05) is 19.1 Å². The maximum Gasteiger partial charge on any atom is 0.338 e. The molecule has 0 saturated heterocycles. The molecule has 0 unspecified atom stereocenters. The molecule has 146 valence electrons. The van der Waals surface area contributed by atoms with E-state index in [-0.39, 0.29) is 18.1 Å². The highest BCUT2D eigenvalue weighted by Gasteiger charge is 2.16. The Morgan fingerprint density at radius 2 is 1.71 bits per heavy atom. The lowest BCUT2D eigenvalue weighted by molar-refractivity contribution is -0.134. The number of nitrogens with zero attached hydrogens (tertiary/aromatic N) is 2. The van der Waals surface area contributed by atoms with Crippen LogP contribution in [0.15, 0.2) is 42.5 Å². The van der Waals surface area contributed by atoms with Crippen LogP contribution < -0.4 is 9.47 Å². The molecule has 2 rings (SSSR count). The first-order valence-corrected chi connectivity index (χ1v) is 8.68. The lowest BCUT2D eigenvalue weighted by Crippen LogP contribution is -2.34. The van der Waals surface area contributed by atoms with Crippen molar-refractivity contribution in [2.45, 2.75) is 13.5 Å². The fraction of sp³-hybridized carbons (Fsp3) is 0.286. The minimum absolute atomic E-state index is 0.287. The smallest absolute Gasteiger partial charge is 0.338 e. The lowest BCUT2D eigenvalue weighted by atomic mass is 10.1. The highest BCUT2D eigenvalue weighted by molar-refractivity contribution is 5.91. The summed E-state index contributed by atoms with van der Waals surface area (Å²) in [5.41, 5.74) is 1.60. The molecule has 0 radical (unpaired) electrons. The summed E-state index contributed by atoms with van der Waals surface area (Å²) in [5, 5.41) is 8.78. The molecule has 1 amide bonds. The van der Waals surface area contributed by atoms with E-state index in [1.165, 1.54) is 24.3 Å². The minimum atomic E-state index is -0.611. The monoisotopic (exact) mass is 382 g/mol. The number of hydrogen-bond acceptors (Lipinski definition) is 6. The Morgan fingerprint density at radius 1 is 1.04 bits per heavy atom. The molecule has 2 aromatic carbocycles. The Bertz CT molecular complexity index is 871. The third-order valence-electron chi connectivity index (χ3n) is 4.13. The number of rotatable bonds is 8. The Morgan fingerprint density at radius 3 is 2.29 bits per heavy atom. The topological polar surface area (TPSA) is 88.9 Å². The molecule has 0 aliphatic rings. The third-order valence-corrected chi connectivity index (χ3v) is 4.13. The van der Waals surface area contributed by atoms with Crippen LogP contribution in [-0.4, -0.2) is 44.1 Å². The number of nitriles is 1. The summed E-state index contributed by atoms with van der Waals surface area (Å²) < 4.78 is 15.6. The van der Waals surface area contributed by atoms with Gasteiger partial charge in [-0.25, -0.2) is 4.79 Å². The zero-order valence-electron chi connectivity index (χ0n) is 16.1. The van der Waals surface area contributed by atoms with Gasteiger partial charge in [0.05, 0.1) is 31.4 Å². The minimum Gasteiger partial charge on any atom is -0.493 e. The van der Waals surface area contributed by atoms with Gasteiger partial charge < -0.3 is 19.1 Å². The van der Waals surface area contributed by atoms with Crippen molar-refractivity contribution >= 4 is 11.9 Å². The summed E-state index contributed by atoms with van der Waals surface area (Å²) in [5.74, 6) is 0.270. The quantitative estimate of drug-likeness (QED) is 0.652. The van der Waals surface area contributed by atoms with Crippen LogP contribution in [0.5, 0.6) is 11.5 Å². The van der Waals surface area contributed by atoms with E-state index in [0.29, 0.717) is 30.2 Å². The molecular formula is C21H22N2O5. The van der Waals surface area contributed by atoms with Crippen LogP contribution >= 0.6 is 0 Å². The molecule has 28 heavy (non-hydrogen) atoms. The first-order valence-electron chi connectivity index (χ1n) is 8.68. The molecule has 7 nitrogen and oxygen atoms in total. The van der Waals surface area contributed by atoms with Crippen molar-refractivity contribution in [3.05, 3.63) is 59.2 Å². The average molecular weight is 382 g/mol. The number of esters is 1. The number of amides is 1. The van der Waals surface area contributed by atoms with Crippen LogP contribution in [0.1, 0.15) is 28.4 Å². The van der Waals surface area contributed by atoms with Crippen molar-refractivity contribution < 1.29 is 23.8 Å². The number of methoxy groups -OCH3 is 2. The summed E-state index contributed by atoms with van der Waals surface area (Å²) in [4.78, 5) is 26.1. The molecule has 2 aromatic rings. The predicted octanol–water partition coefficient (Wildman–Crippen LogP) is 2.78. The Hall–Kier alpha value is -3.53. The van der Waals surface area contributed by atoms with Crippen LogP contribution in [0.25, 0.3) is 0 Å². The number of likely N-dealkylation sites (N-methyl/N-ethyl adjacent to an activating group) is 1. The molecule has 0 aliphatic carbocycles. The van der Waals surface area contributed by atoms with Crippen molar-refractivity contribution in [1.82, 2.24) is 4.90 Å². The highest BCUT2D eigenvalue weighted by atomic mass is 16.5. The van der Waals surface area contributed by atoms with Gasteiger partial charge in [-0.15, -0.1) is 0 Å². The summed E-state index contributed by atoms with van der Waals surface area (Å²) in [6.07, 6.45) is 0. The number of carbonyl (C=O) groups is 2. The molecule has 0 heterocycles. The van der Waals surface area contributed by atoms with Gasteiger partial charge in [0.15, 0.2) is 18.1 Å². The van der Waals surface area contributed by atoms with Crippen LogP contribution in [-0.2, 0) is 16.1 Å². The zero-order chi connectivity index (χ0) is 20.5. The lowest BCUT2D eigenvalue weighted by Gasteiger charge is -2.21. The molecular weight excluding hydrogens is 360 g/mol. The van der Waals surface area contributed by atoms with Gasteiger partial charge in [0.25, 0.3) is 5.91 Å².